The molecule has 2 aliphatic heterocycles. The summed E-state index contributed by atoms with van der Waals surface area (Å²) < 4.78 is 18.5. The van der Waals surface area contributed by atoms with E-state index in [9.17, 15) is 5.11 Å². The standard InChI is InChI=1S/C33H39N9O4S/c1-44-26-15-23(16-27(45-2)30(26)46-3)41-19-28(35-21-41)36-31-25-17-24(18-39-11-13-40(14-12-39)29-8-4-5-9-34-29)47-32(25)38-33(37-31)42-10-6-7-22(42)20-43/h4-5,8-9,15-17,19,21-22,43H,6-7,10-14,18,20H2,1-3H3,(H,36,37,38)/t22-/m0/s1. The van der Waals surface area contributed by atoms with E-state index >= 15 is 0 Å². The Labute approximate surface area is 277 Å². The zero-order chi connectivity index (χ0) is 32.3. The third kappa shape index (κ3) is 6.35. The second-order valence-corrected chi connectivity index (χ2v) is 12.7. The van der Waals surface area contributed by atoms with Crippen LogP contribution in [-0.2, 0) is 6.54 Å². The maximum Gasteiger partial charge on any atom is 0.229 e. The van der Waals surface area contributed by atoms with Gasteiger partial charge in [0.05, 0.1) is 51.2 Å². The number of aliphatic hydroxyl groups is 1. The normalized spacial score (nSPS) is 17.0. The molecular formula is C33H39N9O4S. The maximum absolute atomic E-state index is 10.1. The number of anilines is 4. The van der Waals surface area contributed by atoms with Crippen LogP contribution in [0.3, 0.4) is 0 Å². The Morgan fingerprint density at radius 3 is 2.47 bits per heavy atom. The Bertz CT molecular complexity index is 1800. The molecule has 0 unspecified atom stereocenters. The number of rotatable bonds is 11. The molecule has 246 valence electrons. The average Bonchev–Trinajstić information content (AvgIpc) is 3.88. The van der Waals surface area contributed by atoms with Crippen LogP contribution in [0.25, 0.3) is 15.9 Å². The summed E-state index contributed by atoms with van der Waals surface area (Å²) in [5.74, 6) is 4.61. The highest BCUT2D eigenvalue weighted by atomic mass is 32.1. The van der Waals surface area contributed by atoms with Crippen LogP contribution in [0.15, 0.2) is 55.1 Å². The minimum Gasteiger partial charge on any atom is -0.493 e. The molecule has 2 fully saturated rings. The lowest BCUT2D eigenvalue weighted by Gasteiger charge is -2.35. The van der Waals surface area contributed by atoms with E-state index in [1.807, 2.05) is 41.2 Å². The van der Waals surface area contributed by atoms with Gasteiger partial charge in [-0.1, -0.05) is 6.07 Å². The summed E-state index contributed by atoms with van der Waals surface area (Å²) in [6, 6.07) is 12.0. The highest BCUT2D eigenvalue weighted by molar-refractivity contribution is 7.18. The molecule has 0 saturated carbocycles. The third-order valence-corrected chi connectivity index (χ3v) is 9.79. The number of hydrogen-bond acceptors (Lipinski definition) is 13. The van der Waals surface area contributed by atoms with Crippen molar-refractivity contribution in [1.82, 2.24) is 29.4 Å². The minimum atomic E-state index is 0.00868. The van der Waals surface area contributed by atoms with Gasteiger partial charge in [-0.3, -0.25) is 4.90 Å². The average molecular weight is 658 g/mol. The number of pyridine rings is 1. The lowest BCUT2D eigenvalue weighted by molar-refractivity contribution is 0.251. The molecule has 2 aliphatic rings. The number of nitrogens with zero attached hydrogens (tertiary/aromatic N) is 8. The van der Waals surface area contributed by atoms with E-state index in [0.717, 1.165) is 73.8 Å². The number of methoxy groups -OCH3 is 3. The minimum absolute atomic E-state index is 0.00868. The SMILES string of the molecule is COc1cc(-n2cnc(Nc3nc(N4CCC[C@H]4CO)nc4sc(CN5CCN(c6ccccn6)CC5)cc34)c2)cc(OC)c1OC. The first-order valence-corrected chi connectivity index (χ1v) is 16.6. The van der Waals surface area contributed by atoms with E-state index in [1.165, 1.54) is 4.88 Å². The Hall–Kier alpha value is -4.66. The summed E-state index contributed by atoms with van der Waals surface area (Å²) in [5.41, 5.74) is 0.803. The van der Waals surface area contributed by atoms with Crippen molar-refractivity contribution in [2.24, 2.45) is 0 Å². The van der Waals surface area contributed by atoms with Crippen LogP contribution in [0.5, 0.6) is 17.2 Å². The van der Waals surface area contributed by atoms with Crippen LogP contribution < -0.4 is 29.3 Å². The number of piperazine rings is 1. The Morgan fingerprint density at radius 1 is 0.957 bits per heavy atom. The van der Waals surface area contributed by atoms with Gasteiger partial charge >= 0.3 is 0 Å². The van der Waals surface area contributed by atoms with E-state index in [0.29, 0.717) is 34.8 Å². The second kappa shape index (κ2) is 13.6. The fraction of sp³-hybridized carbons (Fsp3) is 0.394. The lowest BCUT2D eigenvalue weighted by Crippen LogP contribution is -2.46. The summed E-state index contributed by atoms with van der Waals surface area (Å²) in [6.07, 6.45) is 7.39. The largest absolute Gasteiger partial charge is 0.493 e. The van der Waals surface area contributed by atoms with Crippen LogP contribution in [0, 0.1) is 0 Å². The van der Waals surface area contributed by atoms with Gasteiger partial charge in [0.15, 0.2) is 11.5 Å². The van der Waals surface area contributed by atoms with Gasteiger partial charge in [0, 0.05) is 62.5 Å². The van der Waals surface area contributed by atoms with Gasteiger partial charge < -0.3 is 39.0 Å². The number of aromatic nitrogens is 5. The quantitative estimate of drug-likeness (QED) is 0.210. The molecule has 2 N–H and O–H groups in total. The zero-order valence-electron chi connectivity index (χ0n) is 26.8. The van der Waals surface area contributed by atoms with Gasteiger partial charge in [0.25, 0.3) is 0 Å². The van der Waals surface area contributed by atoms with E-state index in [2.05, 4.69) is 42.1 Å². The molecule has 14 heteroatoms. The molecule has 1 aromatic carbocycles. The number of nitrogens with one attached hydrogen (secondary N) is 1. The molecule has 47 heavy (non-hydrogen) atoms. The Kier molecular flexibility index (Phi) is 8.96. The summed E-state index contributed by atoms with van der Waals surface area (Å²) in [6.45, 7) is 5.50. The van der Waals surface area contributed by atoms with Gasteiger partial charge in [-0.2, -0.15) is 4.98 Å². The molecule has 0 spiro atoms. The predicted molar refractivity (Wildman–Crippen MR) is 183 cm³/mol. The van der Waals surface area contributed by atoms with Crippen molar-refractivity contribution >= 4 is 45.0 Å². The van der Waals surface area contributed by atoms with Crippen molar-refractivity contribution in [3.8, 4) is 22.9 Å². The molecule has 5 aromatic rings. The first-order chi connectivity index (χ1) is 23.1. The van der Waals surface area contributed by atoms with E-state index < -0.39 is 0 Å². The molecular weight excluding hydrogens is 618 g/mol. The Balaban J connectivity index is 1.16. The molecule has 4 aromatic heterocycles. The third-order valence-electron chi connectivity index (χ3n) is 8.78. The highest BCUT2D eigenvalue weighted by Gasteiger charge is 2.28. The summed E-state index contributed by atoms with van der Waals surface area (Å²) in [7, 11) is 4.78. The van der Waals surface area contributed by atoms with E-state index in [4.69, 9.17) is 24.2 Å². The van der Waals surface area contributed by atoms with Crippen molar-refractivity contribution in [2.45, 2.75) is 25.4 Å². The van der Waals surface area contributed by atoms with Gasteiger partial charge in [-0.25, -0.2) is 15.0 Å². The van der Waals surface area contributed by atoms with E-state index in [-0.39, 0.29) is 12.6 Å². The number of imidazole rings is 1. The van der Waals surface area contributed by atoms with Crippen molar-refractivity contribution in [1.29, 1.82) is 0 Å². The van der Waals surface area contributed by atoms with Crippen LogP contribution in [0.2, 0.25) is 0 Å². The fourth-order valence-corrected chi connectivity index (χ4v) is 7.38. The van der Waals surface area contributed by atoms with Crippen molar-refractivity contribution in [3.05, 3.63) is 60.0 Å². The molecule has 0 aliphatic carbocycles. The molecule has 0 amide bonds. The van der Waals surface area contributed by atoms with Crippen LogP contribution >= 0.6 is 11.3 Å². The molecule has 0 radical (unpaired) electrons. The van der Waals surface area contributed by atoms with Crippen LogP contribution in [0.4, 0.5) is 23.4 Å². The van der Waals surface area contributed by atoms with Gasteiger partial charge in [0.1, 0.15) is 28.6 Å². The lowest BCUT2D eigenvalue weighted by atomic mass is 10.2. The number of benzene rings is 1. The monoisotopic (exact) mass is 657 g/mol. The van der Waals surface area contributed by atoms with Gasteiger partial charge in [0.2, 0.25) is 11.7 Å². The maximum atomic E-state index is 10.1. The molecule has 7 rings (SSSR count). The number of thiophene rings is 1. The fourth-order valence-electron chi connectivity index (χ4n) is 6.31. The molecule has 6 heterocycles. The highest BCUT2D eigenvalue weighted by Crippen LogP contribution is 2.40. The molecule has 2 saturated heterocycles. The smallest absolute Gasteiger partial charge is 0.229 e. The van der Waals surface area contributed by atoms with Gasteiger partial charge in [-0.05, 0) is 31.0 Å². The first-order valence-electron chi connectivity index (χ1n) is 15.7. The second-order valence-electron chi connectivity index (χ2n) is 11.6. The molecule has 0 bridgehead atoms. The van der Waals surface area contributed by atoms with Crippen molar-refractivity contribution in [3.63, 3.8) is 0 Å². The number of ether oxygens (including phenoxy) is 3. The molecule has 1 atom stereocenters. The summed E-state index contributed by atoms with van der Waals surface area (Å²) in [5, 5.41) is 14.5. The predicted octanol–water partition coefficient (Wildman–Crippen LogP) is 4.32. The first kappa shape index (κ1) is 31.0. The van der Waals surface area contributed by atoms with Crippen LogP contribution in [0.1, 0.15) is 17.7 Å². The zero-order valence-corrected chi connectivity index (χ0v) is 27.6. The van der Waals surface area contributed by atoms with Crippen LogP contribution in [-0.4, -0.2) is 101 Å². The summed E-state index contributed by atoms with van der Waals surface area (Å²) in [4.78, 5) is 28.3. The van der Waals surface area contributed by atoms with Crippen molar-refractivity contribution < 1.29 is 19.3 Å². The van der Waals surface area contributed by atoms with E-state index in [1.54, 1.807) is 39.0 Å². The number of aliphatic hydroxyl groups excluding tert-OH is 1. The molecule has 13 nitrogen and oxygen atoms in total. The van der Waals surface area contributed by atoms with Crippen molar-refractivity contribution in [2.75, 3.05) is 75.8 Å². The summed E-state index contributed by atoms with van der Waals surface area (Å²) >= 11 is 1.70. The van der Waals surface area contributed by atoms with Gasteiger partial charge in [-0.15, -0.1) is 11.3 Å². The Morgan fingerprint density at radius 2 is 1.77 bits per heavy atom. The number of fused-ring (bicyclic) bond motifs is 1. The number of hydrogen-bond donors (Lipinski definition) is 2. The topological polar surface area (TPSA) is 126 Å².